The van der Waals surface area contributed by atoms with Crippen molar-refractivity contribution in [3.63, 3.8) is 0 Å². The number of sulfonamides is 1. The number of aliphatic hydroxyl groups is 1. The lowest BCUT2D eigenvalue weighted by Gasteiger charge is -2.17. The van der Waals surface area contributed by atoms with Crippen molar-refractivity contribution >= 4 is 21.4 Å². The van der Waals surface area contributed by atoms with Gasteiger partial charge in [-0.25, -0.2) is 8.42 Å². The molecule has 0 amide bonds. The number of aliphatic hydroxyl groups excluding tert-OH is 1. The second-order valence-electron chi connectivity index (χ2n) is 3.07. The highest BCUT2D eigenvalue weighted by atomic mass is 32.2. The first-order valence-electron chi connectivity index (χ1n) is 4.12. The first-order chi connectivity index (χ1) is 6.44. The monoisotopic (exact) mass is 235 g/mol. The van der Waals surface area contributed by atoms with Crippen LogP contribution in [0.2, 0.25) is 0 Å². The summed E-state index contributed by atoms with van der Waals surface area (Å²) in [4.78, 5) is 0. The Morgan fingerprint density at radius 2 is 2.29 bits per heavy atom. The fourth-order valence-corrected chi connectivity index (χ4v) is 3.49. The van der Waals surface area contributed by atoms with Gasteiger partial charge in [-0.2, -0.15) is 4.31 Å². The molecule has 1 aromatic heterocycles. The maximum absolute atomic E-state index is 11.8. The van der Waals surface area contributed by atoms with Gasteiger partial charge in [-0.1, -0.05) is 6.07 Å². The lowest BCUT2D eigenvalue weighted by Crippen LogP contribution is -2.32. The normalized spacial score (nSPS) is 14.6. The molecule has 0 aliphatic rings. The summed E-state index contributed by atoms with van der Waals surface area (Å²) >= 11 is 1.17. The van der Waals surface area contributed by atoms with Gasteiger partial charge in [0.1, 0.15) is 4.21 Å². The van der Waals surface area contributed by atoms with Crippen LogP contribution in [0.3, 0.4) is 0 Å². The van der Waals surface area contributed by atoms with E-state index in [1.165, 1.54) is 18.4 Å². The summed E-state index contributed by atoms with van der Waals surface area (Å²) in [6.07, 6.45) is -0.658. The SMILES string of the molecule is C[C@H](O)CN(C)S(=O)(=O)c1cccs1. The van der Waals surface area contributed by atoms with Crippen LogP contribution in [0, 0.1) is 0 Å². The van der Waals surface area contributed by atoms with Gasteiger partial charge in [0.25, 0.3) is 10.0 Å². The fourth-order valence-electron chi connectivity index (χ4n) is 1.03. The third-order valence-electron chi connectivity index (χ3n) is 1.68. The molecule has 1 atom stereocenters. The third-order valence-corrected chi connectivity index (χ3v) is 4.88. The number of thiophene rings is 1. The van der Waals surface area contributed by atoms with Gasteiger partial charge in [0.05, 0.1) is 6.10 Å². The molecule has 14 heavy (non-hydrogen) atoms. The van der Waals surface area contributed by atoms with Gasteiger partial charge < -0.3 is 5.11 Å². The van der Waals surface area contributed by atoms with Crippen LogP contribution in [-0.4, -0.2) is 37.5 Å². The van der Waals surface area contributed by atoms with Crippen LogP contribution in [-0.2, 0) is 10.0 Å². The fraction of sp³-hybridized carbons (Fsp3) is 0.500. The average molecular weight is 235 g/mol. The van der Waals surface area contributed by atoms with Crippen molar-refractivity contribution in [2.45, 2.75) is 17.2 Å². The van der Waals surface area contributed by atoms with Crippen molar-refractivity contribution in [1.29, 1.82) is 0 Å². The summed E-state index contributed by atoms with van der Waals surface area (Å²) in [6, 6.07) is 3.24. The highest BCUT2D eigenvalue weighted by Gasteiger charge is 2.22. The van der Waals surface area contributed by atoms with E-state index in [-0.39, 0.29) is 6.54 Å². The van der Waals surface area contributed by atoms with E-state index in [0.29, 0.717) is 4.21 Å². The van der Waals surface area contributed by atoms with E-state index in [1.807, 2.05) is 0 Å². The van der Waals surface area contributed by atoms with Crippen molar-refractivity contribution in [1.82, 2.24) is 4.31 Å². The zero-order chi connectivity index (χ0) is 10.8. The zero-order valence-corrected chi connectivity index (χ0v) is 9.68. The first kappa shape index (κ1) is 11.6. The molecule has 80 valence electrons. The number of nitrogens with zero attached hydrogens (tertiary/aromatic N) is 1. The van der Waals surface area contributed by atoms with Crippen molar-refractivity contribution in [2.75, 3.05) is 13.6 Å². The largest absolute Gasteiger partial charge is 0.392 e. The Bertz CT molecular complexity index is 369. The third kappa shape index (κ3) is 2.54. The predicted octanol–water partition coefficient (Wildman–Crippen LogP) is 0.749. The summed E-state index contributed by atoms with van der Waals surface area (Å²) in [6.45, 7) is 1.67. The highest BCUT2D eigenvalue weighted by molar-refractivity contribution is 7.91. The molecule has 1 rings (SSSR count). The molecule has 0 bridgehead atoms. The molecule has 0 saturated carbocycles. The van der Waals surface area contributed by atoms with E-state index in [2.05, 4.69) is 0 Å². The van der Waals surface area contributed by atoms with Crippen LogP contribution in [0.25, 0.3) is 0 Å². The summed E-state index contributed by atoms with van der Waals surface area (Å²) in [7, 11) is -1.94. The van der Waals surface area contributed by atoms with E-state index in [9.17, 15) is 8.42 Å². The number of hydrogen-bond donors (Lipinski definition) is 1. The van der Waals surface area contributed by atoms with E-state index < -0.39 is 16.1 Å². The van der Waals surface area contributed by atoms with E-state index in [0.717, 1.165) is 4.31 Å². The molecule has 0 spiro atoms. The van der Waals surface area contributed by atoms with Crippen molar-refractivity contribution in [3.05, 3.63) is 17.5 Å². The van der Waals surface area contributed by atoms with Gasteiger partial charge in [-0.05, 0) is 18.4 Å². The van der Waals surface area contributed by atoms with Crippen molar-refractivity contribution in [2.24, 2.45) is 0 Å². The van der Waals surface area contributed by atoms with Crippen LogP contribution in [0.4, 0.5) is 0 Å². The average Bonchev–Trinajstić information content (AvgIpc) is 2.54. The molecule has 0 aliphatic heterocycles. The molecule has 0 aliphatic carbocycles. The van der Waals surface area contributed by atoms with Gasteiger partial charge in [0.2, 0.25) is 0 Å². The predicted molar refractivity (Wildman–Crippen MR) is 55.8 cm³/mol. The maximum atomic E-state index is 11.8. The molecule has 1 heterocycles. The molecule has 0 fully saturated rings. The number of hydrogen-bond acceptors (Lipinski definition) is 4. The van der Waals surface area contributed by atoms with Crippen LogP contribution in [0.1, 0.15) is 6.92 Å². The van der Waals surface area contributed by atoms with Gasteiger partial charge in [-0.15, -0.1) is 11.3 Å². The Morgan fingerprint density at radius 3 is 2.71 bits per heavy atom. The topological polar surface area (TPSA) is 57.6 Å². The van der Waals surface area contributed by atoms with Crippen LogP contribution in [0.15, 0.2) is 21.7 Å². The Balaban J connectivity index is 2.86. The van der Waals surface area contributed by atoms with Crippen molar-refractivity contribution in [3.8, 4) is 0 Å². The summed E-state index contributed by atoms with van der Waals surface area (Å²) < 4.78 is 25.0. The van der Waals surface area contributed by atoms with Gasteiger partial charge in [-0.3, -0.25) is 0 Å². The molecule has 6 heteroatoms. The van der Waals surface area contributed by atoms with Gasteiger partial charge >= 0.3 is 0 Å². The van der Waals surface area contributed by atoms with E-state index >= 15 is 0 Å². The Hall–Kier alpha value is -0.430. The summed E-state index contributed by atoms with van der Waals surface area (Å²) in [5, 5.41) is 10.8. The number of likely N-dealkylation sites (N-methyl/N-ethyl adjacent to an activating group) is 1. The van der Waals surface area contributed by atoms with Crippen LogP contribution in [0.5, 0.6) is 0 Å². The smallest absolute Gasteiger partial charge is 0.252 e. The zero-order valence-electron chi connectivity index (χ0n) is 8.04. The molecule has 0 aromatic carbocycles. The highest BCUT2D eigenvalue weighted by Crippen LogP contribution is 2.19. The Morgan fingerprint density at radius 1 is 1.64 bits per heavy atom. The maximum Gasteiger partial charge on any atom is 0.252 e. The standard InChI is InChI=1S/C8H13NO3S2/c1-7(10)6-9(2)14(11,12)8-4-3-5-13-8/h3-5,7,10H,6H2,1-2H3/t7-/m0/s1. The minimum atomic E-state index is -3.40. The first-order valence-corrected chi connectivity index (χ1v) is 6.44. The Labute approximate surface area is 87.8 Å². The molecular formula is C8H13NO3S2. The minimum absolute atomic E-state index is 0.111. The second kappa shape index (κ2) is 4.39. The van der Waals surface area contributed by atoms with E-state index in [4.69, 9.17) is 5.11 Å². The van der Waals surface area contributed by atoms with E-state index in [1.54, 1.807) is 24.4 Å². The Kier molecular flexibility index (Phi) is 3.65. The van der Waals surface area contributed by atoms with Crippen LogP contribution < -0.4 is 0 Å². The van der Waals surface area contributed by atoms with Crippen molar-refractivity contribution < 1.29 is 13.5 Å². The quantitative estimate of drug-likeness (QED) is 0.838. The lowest BCUT2D eigenvalue weighted by atomic mass is 10.4. The summed E-state index contributed by atoms with van der Waals surface area (Å²) in [5.74, 6) is 0. The molecule has 0 saturated heterocycles. The molecule has 4 nitrogen and oxygen atoms in total. The molecule has 0 radical (unpaired) electrons. The second-order valence-corrected chi connectivity index (χ2v) is 6.29. The lowest BCUT2D eigenvalue weighted by molar-refractivity contribution is 0.171. The summed E-state index contributed by atoms with van der Waals surface area (Å²) in [5.41, 5.74) is 0. The molecular weight excluding hydrogens is 222 g/mol. The number of rotatable bonds is 4. The van der Waals surface area contributed by atoms with Gasteiger partial charge in [0, 0.05) is 13.6 Å². The molecule has 1 aromatic rings. The molecule has 1 N–H and O–H groups in total. The molecule has 0 unspecified atom stereocenters. The van der Waals surface area contributed by atoms with Gasteiger partial charge in [0.15, 0.2) is 0 Å². The van der Waals surface area contributed by atoms with Crippen LogP contribution >= 0.6 is 11.3 Å². The minimum Gasteiger partial charge on any atom is -0.392 e.